The molecule has 110 valence electrons. The highest BCUT2D eigenvalue weighted by atomic mass is 16.5. The number of nitrogens with zero attached hydrogens (tertiary/aromatic N) is 3. The Labute approximate surface area is 116 Å². The zero-order valence-corrected chi connectivity index (χ0v) is 11.7. The van der Waals surface area contributed by atoms with E-state index in [2.05, 4.69) is 10.00 Å². The summed E-state index contributed by atoms with van der Waals surface area (Å²) in [6, 6.07) is 0.482. The molecule has 7 heteroatoms. The summed E-state index contributed by atoms with van der Waals surface area (Å²) in [7, 11) is 1.70. The number of rotatable bonds is 4. The first-order chi connectivity index (χ1) is 9.52. The van der Waals surface area contributed by atoms with E-state index in [-0.39, 0.29) is 6.10 Å². The monoisotopic (exact) mass is 281 g/mol. The van der Waals surface area contributed by atoms with Crippen molar-refractivity contribution in [1.29, 1.82) is 0 Å². The molecule has 1 aliphatic heterocycles. The molecule has 0 spiro atoms. The van der Waals surface area contributed by atoms with Crippen LogP contribution in [-0.4, -0.2) is 47.2 Å². The second-order valence-electron chi connectivity index (χ2n) is 4.93. The van der Waals surface area contributed by atoms with Gasteiger partial charge in [-0.25, -0.2) is 9.48 Å². The van der Waals surface area contributed by atoms with Crippen LogP contribution in [0.15, 0.2) is 17.1 Å². The van der Waals surface area contributed by atoms with Crippen molar-refractivity contribution in [1.82, 2.24) is 9.78 Å². The maximum Gasteiger partial charge on any atom is 0.328 e. The third-order valence-corrected chi connectivity index (χ3v) is 3.68. The topological polar surface area (TPSA) is 84.7 Å². The molecule has 0 bridgehead atoms. The van der Waals surface area contributed by atoms with Crippen molar-refractivity contribution in [2.24, 2.45) is 0 Å². The molecule has 0 amide bonds. The Morgan fingerprint density at radius 3 is 2.65 bits per heavy atom. The molecule has 0 radical (unpaired) electrons. The predicted molar refractivity (Wildman–Crippen MR) is 73.1 cm³/mol. The molecule has 1 aromatic heterocycles. The van der Waals surface area contributed by atoms with Crippen LogP contribution >= 0.6 is 0 Å². The molecule has 0 aromatic carbocycles. The van der Waals surface area contributed by atoms with Gasteiger partial charge in [0, 0.05) is 26.3 Å². The van der Waals surface area contributed by atoms with E-state index < -0.39 is 17.6 Å². The van der Waals surface area contributed by atoms with Crippen molar-refractivity contribution in [3.05, 3.63) is 22.6 Å². The average molecular weight is 281 g/mol. The maximum absolute atomic E-state index is 11.9. The van der Waals surface area contributed by atoms with Gasteiger partial charge in [0.15, 0.2) is 6.04 Å². The Hall–Kier alpha value is -1.89. The molecule has 20 heavy (non-hydrogen) atoms. The van der Waals surface area contributed by atoms with E-state index in [4.69, 9.17) is 9.84 Å². The van der Waals surface area contributed by atoms with Crippen LogP contribution in [0.5, 0.6) is 0 Å². The summed E-state index contributed by atoms with van der Waals surface area (Å²) in [6.07, 6.45) is 3.64. The molecular weight excluding hydrogens is 262 g/mol. The Morgan fingerprint density at radius 1 is 1.50 bits per heavy atom. The lowest BCUT2D eigenvalue weighted by Gasteiger charge is -2.32. The molecular formula is C13H19N3O4. The summed E-state index contributed by atoms with van der Waals surface area (Å²) >= 11 is 0. The molecule has 1 aromatic rings. The van der Waals surface area contributed by atoms with Gasteiger partial charge in [0.05, 0.1) is 18.0 Å². The summed E-state index contributed by atoms with van der Waals surface area (Å²) < 4.78 is 6.28. The SMILES string of the molecule is COC1CCN(c2cnn(C(C)C(=O)O)c(=O)c2)CC1. The van der Waals surface area contributed by atoms with Crippen molar-refractivity contribution in [2.45, 2.75) is 31.9 Å². The van der Waals surface area contributed by atoms with Crippen LogP contribution < -0.4 is 10.5 Å². The first kappa shape index (κ1) is 14.5. The smallest absolute Gasteiger partial charge is 0.328 e. The van der Waals surface area contributed by atoms with E-state index >= 15 is 0 Å². The standard InChI is InChI=1S/C13H19N3O4/c1-9(13(18)19)16-12(17)7-10(8-14-16)15-5-3-11(20-2)4-6-15/h7-9,11H,3-6H2,1-2H3,(H,18,19). The molecule has 0 aliphatic carbocycles. The molecule has 0 saturated carbocycles. The number of ether oxygens (including phenoxy) is 1. The van der Waals surface area contributed by atoms with Gasteiger partial charge in [-0.3, -0.25) is 4.79 Å². The molecule has 1 fully saturated rings. The number of hydrogen-bond acceptors (Lipinski definition) is 5. The van der Waals surface area contributed by atoms with Crippen LogP contribution in [-0.2, 0) is 9.53 Å². The van der Waals surface area contributed by atoms with Crippen molar-refractivity contribution < 1.29 is 14.6 Å². The summed E-state index contributed by atoms with van der Waals surface area (Å²) in [5.74, 6) is -1.08. The van der Waals surface area contributed by atoms with Crippen molar-refractivity contribution in [2.75, 3.05) is 25.1 Å². The second kappa shape index (κ2) is 6.04. The van der Waals surface area contributed by atoms with Crippen LogP contribution in [0.4, 0.5) is 5.69 Å². The molecule has 1 unspecified atom stereocenters. The number of carbonyl (C=O) groups is 1. The van der Waals surface area contributed by atoms with Crippen LogP contribution in [0.3, 0.4) is 0 Å². The Bertz CT molecular complexity index is 535. The van der Waals surface area contributed by atoms with E-state index in [0.717, 1.165) is 36.3 Å². The molecule has 1 aliphatic rings. The van der Waals surface area contributed by atoms with Gasteiger partial charge >= 0.3 is 5.97 Å². The largest absolute Gasteiger partial charge is 0.480 e. The summed E-state index contributed by atoms with van der Waals surface area (Å²) in [6.45, 7) is 3.04. The minimum absolute atomic E-state index is 0.270. The summed E-state index contributed by atoms with van der Waals surface area (Å²) in [5.41, 5.74) is 0.338. The fourth-order valence-electron chi connectivity index (χ4n) is 2.33. The number of carboxylic acid groups (broad SMARTS) is 1. The van der Waals surface area contributed by atoms with Crippen molar-refractivity contribution in [3.63, 3.8) is 0 Å². The summed E-state index contributed by atoms with van der Waals surface area (Å²) in [4.78, 5) is 24.9. The van der Waals surface area contributed by atoms with Gasteiger partial charge in [0.2, 0.25) is 0 Å². The highest BCUT2D eigenvalue weighted by Crippen LogP contribution is 2.19. The maximum atomic E-state index is 11.9. The highest BCUT2D eigenvalue weighted by molar-refractivity contribution is 5.71. The molecule has 1 atom stereocenters. The minimum Gasteiger partial charge on any atom is -0.480 e. The minimum atomic E-state index is -1.08. The molecule has 1 saturated heterocycles. The third kappa shape index (κ3) is 2.98. The predicted octanol–water partition coefficient (Wildman–Crippen LogP) is 0.504. The third-order valence-electron chi connectivity index (χ3n) is 3.68. The number of methoxy groups -OCH3 is 1. The second-order valence-corrected chi connectivity index (χ2v) is 4.93. The lowest BCUT2D eigenvalue weighted by molar-refractivity contribution is -0.140. The van der Waals surface area contributed by atoms with Gasteiger partial charge in [-0.15, -0.1) is 0 Å². The van der Waals surface area contributed by atoms with Gasteiger partial charge < -0.3 is 14.7 Å². The Balaban J connectivity index is 2.14. The fourth-order valence-corrected chi connectivity index (χ4v) is 2.33. The first-order valence-electron chi connectivity index (χ1n) is 6.62. The van der Waals surface area contributed by atoms with Gasteiger partial charge in [-0.1, -0.05) is 0 Å². The van der Waals surface area contributed by atoms with E-state index in [1.165, 1.54) is 13.0 Å². The van der Waals surface area contributed by atoms with Gasteiger partial charge in [-0.2, -0.15) is 5.10 Å². The van der Waals surface area contributed by atoms with E-state index in [1.807, 2.05) is 0 Å². The van der Waals surface area contributed by atoms with Gasteiger partial charge in [0.1, 0.15) is 0 Å². The normalized spacial score (nSPS) is 18.0. The first-order valence-corrected chi connectivity index (χ1v) is 6.62. The zero-order valence-electron chi connectivity index (χ0n) is 11.7. The number of anilines is 1. The summed E-state index contributed by atoms with van der Waals surface area (Å²) in [5, 5.41) is 12.9. The Morgan fingerprint density at radius 2 is 2.15 bits per heavy atom. The van der Waals surface area contributed by atoms with E-state index in [9.17, 15) is 9.59 Å². The number of aromatic nitrogens is 2. The highest BCUT2D eigenvalue weighted by Gasteiger charge is 2.21. The molecule has 2 heterocycles. The van der Waals surface area contributed by atoms with Crippen LogP contribution in [0.2, 0.25) is 0 Å². The van der Waals surface area contributed by atoms with Crippen LogP contribution in [0.1, 0.15) is 25.8 Å². The van der Waals surface area contributed by atoms with Gasteiger partial charge in [-0.05, 0) is 19.8 Å². The van der Waals surface area contributed by atoms with E-state index in [0.29, 0.717) is 0 Å². The fraction of sp³-hybridized carbons (Fsp3) is 0.615. The van der Waals surface area contributed by atoms with Crippen molar-refractivity contribution in [3.8, 4) is 0 Å². The molecule has 7 nitrogen and oxygen atoms in total. The van der Waals surface area contributed by atoms with Crippen LogP contribution in [0, 0.1) is 0 Å². The average Bonchev–Trinajstić information content (AvgIpc) is 2.46. The van der Waals surface area contributed by atoms with Crippen LogP contribution in [0.25, 0.3) is 0 Å². The number of aliphatic carboxylic acids is 1. The number of hydrogen-bond donors (Lipinski definition) is 1. The molecule has 1 N–H and O–H groups in total. The zero-order chi connectivity index (χ0) is 14.7. The lowest BCUT2D eigenvalue weighted by atomic mass is 10.1. The number of carboxylic acids is 1. The Kier molecular flexibility index (Phi) is 4.39. The quantitative estimate of drug-likeness (QED) is 0.865. The van der Waals surface area contributed by atoms with Crippen molar-refractivity contribution >= 4 is 11.7 Å². The molecule has 2 rings (SSSR count). The lowest BCUT2D eigenvalue weighted by Crippen LogP contribution is -2.38. The number of piperidine rings is 1. The van der Waals surface area contributed by atoms with E-state index in [1.54, 1.807) is 13.3 Å². The van der Waals surface area contributed by atoms with Gasteiger partial charge in [0.25, 0.3) is 5.56 Å².